The maximum absolute atomic E-state index is 13.5. The van der Waals surface area contributed by atoms with Gasteiger partial charge in [-0.05, 0) is 36.5 Å². The lowest BCUT2D eigenvalue weighted by atomic mass is 10.00. The van der Waals surface area contributed by atoms with Crippen molar-refractivity contribution in [1.82, 2.24) is 20.9 Å². The number of amides is 3. The molecular weight excluding hydrogens is 498 g/mol. The second-order valence-electron chi connectivity index (χ2n) is 10.2. The number of hydrogen-bond donors (Lipinski definition) is 6. The van der Waals surface area contributed by atoms with Crippen LogP contribution in [0, 0.1) is 5.92 Å². The first kappa shape index (κ1) is 29.4. The Morgan fingerprint density at radius 1 is 0.795 bits per heavy atom. The summed E-state index contributed by atoms with van der Waals surface area (Å²) in [5, 5.41) is 18.8. The van der Waals surface area contributed by atoms with Crippen molar-refractivity contribution in [2.45, 2.75) is 64.2 Å². The molecule has 0 spiro atoms. The van der Waals surface area contributed by atoms with Crippen molar-refractivity contribution in [1.29, 1.82) is 0 Å². The first-order chi connectivity index (χ1) is 18.5. The summed E-state index contributed by atoms with van der Waals surface area (Å²) in [5.41, 5.74) is 8.06. The summed E-state index contributed by atoms with van der Waals surface area (Å²) in [6.45, 7) is 5.34. The molecule has 0 aliphatic heterocycles. The summed E-state index contributed by atoms with van der Waals surface area (Å²) in [6, 6.07) is 12.6. The van der Waals surface area contributed by atoms with Crippen molar-refractivity contribution >= 4 is 34.6 Å². The molecule has 0 unspecified atom stereocenters. The molecule has 10 nitrogen and oxygen atoms in total. The third-order valence-electron chi connectivity index (χ3n) is 6.38. The van der Waals surface area contributed by atoms with Crippen molar-refractivity contribution in [3.8, 4) is 0 Å². The van der Waals surface area contributed by atoms with E-state index in [2.05, 4.69) is 20.9 Å². The van der Waals surface area contributed by atoms with E-state index in [4.69, 9.17) is 5.73 Å². The number of para-hydroxylation sites is 1. The maximum atomic E-state index is 13.5. The lowest BCUT2D eigenvalue weighted by Crippen LogP contribution is -2.57. The fourth-order valence-electron chi connectivity index (χ4n) is 4.33. The minimum atomic E-state index is -1.23. The van der Waals surface area contributed by atoms with E-state index in [0.29, 0.717) is 6.42 Å². The molecule has 4 atom stereocenters. The number of carboxylic acid groups (broad SMARTS) is 1. The van der Waals surface area contributed by atoms with E-state index in [0.717, 1.165) is 22.0 Å². The third-order valence-corrected chi connectivity index (χ3v) is 6.38. The molecule has 0 aliphatic rings. The first-order valence-electron chi connectivity index (χ1n) is 13.0. The van der Waals surface area contributed by atoms with Gasteiger partial charge in [0.15, 0.2) is 0 Å². The van der Waals surface area contributed by atoms with Crippen LogP contribution in [-0.4, -0.2) is 57.9 Å². The van der Waals surface area contributed by atoms with Crippen molar-refractivity contribution < 1.29 is 24.3 Å². The molecule has 208 valence electrons. The second-order valence-corrected chi connectivity index (χ2v) is 10.2. The van der Waals surface area contributed by atoms with Gasteiger partial charge in [0, 0.05) is 29.9 Å². The van der Waals surface area contributed by atoms with Crippen LogP contribution in [0.2, 0.25) is 0 Å². The number of carbonyl (C=O) groups excluding carboxylic acids is 3. The number of fused-ring (bicyclic) bond motifs is 1. The van der Waals surface area contributed by atoms with Gasteiger partial charge in [-0.15, -0.1) is 0 Å². The number of nitrogens with one attached hydrogen (secondary N) is 4. The highest BCUT2D eigenvalue weighted by Gasteiger charge is 2.31. The number of aromatic amines is 1. The van der Waals surface area contributed by atoms with Gasteiger partial charge in [0.1, 0.15) is 18.1 Å². The van der Waals surface area contributed by atoms with E-state index in [9.17, 15) is 24.3 Å². The molecule has 3 aromatic rings. The Kier molecular flexibility index (Phi) is 10.2. The van der Waals surface area contributed by atoms with Gasteiger partial charge in [-0.1, -0.05) is 62.4 Å². The second kappa shape index (κ2) is 13.6. The van der Waals surface area contributed by atoms with Crippen LogP contribution >= 0.6 is 0 Å². The minimum absolute atomic E-state index is 0.0531. The van der Waals surface area contributed by atoms with Crippen molar-refractivity contribution in [2.75, 3.05) is 0 Å². The lowest BCUT2D eigenvalue weighted by Gasteiger charge is -2.26. The molecule has 0 radical (unpaired) electrons. The third kappa shape index (κ3) is 8.41. The molecule has 0 aliphatic carbocycles. The fraction of sp³-hybridized carbons (Fsp3) is 0.379. The quantitative estimate of drug-likeness (QED) is 0.195. The van der Waals surface area contributed by atoms with Crippen molar-refractivity contribution in [3.63, 3.8) is 0 Å². The number of aliphatic carboxylic acids is 1. The standard InChI is InChI=1S/C29H37N5O5/c1-17(2)13-23(32-26(35)18(3)30)27(36)33-24(14-19-9-5-4-6-10-19)28(37)34-25(29(38)39)15-20-16-31-22-12-8-7-11-21(20)22/h4-12,16-18,23-25,31H,13-15,30H2,1-3H3,(H,32,35)(H,33,36)(H,34,37)(H,38,39)/t18-,23-,24-,25-/m0/s1. The number of rotatable bonds is 13. The minimum Gasteiger partial charge on any atom is -0.480 e. The molecule has 10 heteroatoms. The Hall–Kier alpha value is -4.18. The topological polar surface area (TPSA) is 166 Å². The summed E-state index contributed by atoms with van der Waals surface area (Å²) < 4.78 is 0. The number of nitrogens with two attached hydrogens (primary N) is 1. The number of carbonyl (C=O) groups is 4. The predicted octanol–water partition coefficient (Wildman–Crippen LogP) is 1.89. The van der Waals surface area contributed by atoms with Crippen LogP contribution in [0.4, 0.5) is 0 Å². The molecule has 0 saturated carbocycles. The van der Waals surface area contributed by atoms with Crippen LogP contribution in [0.3, 0.4) is 0 Å². The van der Waals surface area contributed by atoms with E-state index in [-0.39, 0.29) is 18.8 Å². The van der Waals surface area contributed by atoms with Gasteiger partial charge in [-0.3, -0.25) is 14.4 Å². The smallest absolute Gasteiger partial charge is 0.326 e. The molecule has 0 saturated heterocycles. The highest BCUT2D eigenvalue weighted by molar-refractivity contribution is 5.94. The van der Waals surface area contributed by atoms with E-state index in [1.54, 1.807) is 6.20 Å². The Morgan fingerprint density at radius 2 is 1.38 bits per heavy atom. The van der Waals surface area contributed by atoms with Gasteiger partial charge in [-0.2, -0.15) is 0 Å². The van der Waals surface area contributed by atoms with Crippen LogP contribution in [0.1, 0.15) is 38.3 Å². The molecule has 39 heavy (non-hydrogen) atoms. The van der Waals surface area contributed by atoms with Gasteiger partial charge in [0.25, 0.3) is 0 Å². The number of aromatic nitrogens is 1. The molecule has 0 bridgehead atoms. The number of H-pyrrole nitrogens is 1. The fourth-order valence-corrected chi connectivity index (χ4v) is 4.33. The van der Waals surface area contributed by atoms with Gasteiger partial charge in [0.05, 0.1) is 6.04 Å². The van der Waals surface area contributed by atoms with E-state index >= 15 is 0 Å². The summed E-state index contributed by atoms with van der Waals surface area (Å²) in [6.07, 6.45) is 2.25. The zero-order valence-corrected chi connectivity index (χ0v) is 22.4. The Balaban J connectivity index is 1.81. The highest BCUT2D eigenvalue weighted by Crippen LogP contribution is 2.19. The van der Waals surface area contributed by atoms with Gasteiger partial charge in [0.2, 0.25) is 17.7 Å². The summed E-state index contributed by atoms with van der Waals surface area (Å²) >= 11 is 0. The van der Waals surface area contributed by atoms with E-state index in [1.165, 1.54) is 6.92 Å². The van der Waals surface area contributed by atoms with E-state index in [1.807, 2.05) is 68.4 Å². The van der Waals surface area contributed by atoms with Crippen molar-refractivity contribution in [2.24, 2.45) is 11.7 Å². The molecule has 0 fully saturated rings. The monoisotopic (exact) mass is 535 g/mol. The zero-order valence-electron chi connectivity index (χ0n) is 22.4. The summed E-state index contributed by atoms with van der Waals surface area (Å²) in [7, 11) is 0. The van der Waals surface area contributed by atoms with E-state index < -0.39 is 47.9 Å². The number of carboxylic acids is 1. The molecule has 3 rings (SSSR count). The maximum Gasteiger partial charge on any atom is 0.326 e. The van der Waals surface area contributed by atoms with Gasteiger partial charge in [-0.25, -0.2) is 4.79 Å². The lowest BCUT2D eigenvalue weighted by molar-refractivity contribution is -0.142. The molecule has 1 aromatic heterocycles. The SMILES string of the molecule is CC(C)C[C@H](NC(=O)[C@H](C)N)C(=O)N[C@@H](Cc1ccccc1)C(=O)N[C@@H](Cc1c[nH]c2ccccc12)C(=O)O. The Labute approximate surface area is 227 Å². The summed E-state index contributed by atoms with van der Waals surface area (Å²) in [4.78, 5) is 54.3. The average molecular weight is 536 g/mol. The van der Waals surface area contributed by atoms with Crippen LogP contribution < -0.4 is 21.7 Å². The average Bonchev–Trinajstić information content (AvgIpc) is 3.30. The normalized spacial score (nSPS) is 14.3. The first-order valence-corrected chi connectivity index (χ1v) is 13.0. The Bertz CT molecular complexity index is 1290. The number of hydrogen-bond acceptors (Lipinski definition) is 5. The van der Waals surface area contributed by atoms with Crippen LogP contribution in [0.5, 0.6) is 0 Å². The van der Waals surface area contributed by atoms with Crippen LogP contribution in [0.15, 0.2) is 60.8 Å². The van der Waals surface area contributed by atoms with Crippen LogP contribution in [-0.2, 0) is 32.0 Å². The largest absolute Gasteiger partial charge is 0.480 e. The molecular formula is C29H37N5O5. The molecule has 2 aromatic carbocycles. The van der Waals surface area contributed by atoms with Crippen molar-refractivity contribution in [3.05, 3.63) is 71.9 Å². The van der Waals surface area contributed by atoms with Gasteiger partial charge >= 0.3 is 5.97 Å². The Morgan fingerprint density at radius 3 is 2.03 bits per heavy atom. The summed E-state index contributed by atoms with van der Waals surface area (Å²) in [5.74, 6) is -2.79. The molecule has 3 amide bonds. The zero-order chi connectivity index (χ0) is 28.5. The predicted molar refractivity (Wildman–Crippen MR) is 149 cm³/mol. The highest BCUT2D eigenvalue weighted by atomic mass is 16.4. The van der Waals surface area contributed by atoms with Crippen LogP contribution in [0.25, 0.3) is 10.9 Å². The molecule has 1 heterocycles. The number of benzene rings is 2. The molecule has 7 N–H and O–H groups in total. The van der Waals surface area contributed by atoms with Gasteiger partial charge < -0.3 is 31.8 Å².